The van der Waals surface area contributed by atoms with Crippen LogP contribution in [-0.4, -0.2) is 53.7 Å². The summed E-state index contributed by atoms with van der Waals surface area (Å²) >= 11 is 5.77. The van der Waals surface area contributed by atoms with Gasteiger partial charge in [0.25, 0.3) is 0 Å². The van der Waals surface area contributed by atoms with Gasteiger partial charge in [-0.2, -0.15) is 0 Å². The first-order valence-electron chi connectivity index (χ1n) is 6.35. The first-order chi connectivity index (χ1) is 9.20. The van der Waals surface area contributed by atoms with Crippen LogP contribution in [0.2, 0.25) is 5.02 Å². The van der Waals surface area contributed by atoms with Crippen LogP contribution in [0.3, 0.4) is 0 Å². The molecule has 1 aliphatic heterocycles. The van der Waals surface area contributed by atoms with Gasteiger partial charge in [-0.1, -0.05) is 11.6 Å². The fourth-order valence-electron chi connectivity index (χ4n) is 1.98. The fraction of sp³-hybridized carbons (Fsp3) is 0.583. The molecule has 0 radical (unpaired) electrons. The van der Waals surface area contributed by atoms with Gasteiger partial charge in [0, 0.05) is 26.2 Å². The molecule has 1 aromatic rings. The monoisotopic (exact) mass is 284 g/mol. The van der Waals surface area contributed by atoms with E-state index in [9.17, 15) is 4.79 Å². The van der Waals surface area contributed by atoms with E-state index >= 15 is 0 Å². The number of anilines is 1. The second kappa shape index (κ2) is 6.56. The van der Waals surface area contributed by atoms with Crippen molar-refractivity contribution in [1.82, 2.24) is 14.9 Å². The molecule has 7 heteroatoms. The smallest absolute Gasteiger partial charge is 0.409 e. The summed E-state index contributed by atoms with van der Waals surface area (Å²) in [5.41, 5.74) is 0. The Hall–Kier alpha value is -1.56. The maximum absolute atomic E-state index is 11.7. The lowest BCUT2D eigenvalue weighted by molar-refractivity contribution is 0.110. The minimum absolute atomic E-state index is 0.249. The molecule has 0 unspecified atom stereocenters. The highest BCUT2D eigenvalue weighted by Gasteiger charge is 2.20. The number of aromatic nitrogens is 2. The zero-order valence-corrected chi connectivity index (χ0v) is 11.6. The predicted molar refractivity (Wildman–Crippen MR) is 72.5 cm³/mol. The summed E-state index contributed by atoms with van der Waals surface area (Å²) in [5.74, 6) is 0.648. The highest BCUT2D eigenvalue weighted by molar-refractivity contribution is 6.30. The largest absolute Gasteiger partial charge is 0.450 e. The van der Waals surface area contributed by atoms with Gasteiger partial charge in [0.1, 0.15) is 0 Å². The molecule has 2 heterocycles. The molecule has 19 heavy (non-hydrogen) atoms. The highest BCUT2D eigenvalue weighted by Crippen LogP contribution is 2.13. The van der Waals surface area contributed by atoms with Gasteiger partial charge in [0.15, 0.2) is 0 Å². The summed E-state index contributed by atoms with van der Waals surface area (Å²) in [4.78, 5) is 23.8. The summed E-state index contributed by atoms with van der Waals surface area (Å²) in [6, 6.07) is 0. The molecule has 2 rings (SSSR count). The summed E-state index contributed by atoms with van der Waals surface area (Å²) < 4.78 is 5.01. The van der Waals surface area contributed by atoms with Gasteiger partial charge in [-0.3, -0.25) is 0 Å². The Morgan fingerprint density at radius 3 is 2.74 bits per heavy atom. The van der Waals surface area contributed by atoms with E-state index in [1.807, 2.05) is 6.92 Å². The van der Waals surface area contributed by atoms with Crippen LogP contribution >= 0.6 is 11.6 Å². The summed E-state index contributed by atoms with van der Waals surface area (Å²) in [7, 11) is 0. The molecular weight excluding hydrogens is 268 g/mol. The van der Waals surface area contributed by atoms with Crippen molar-refractivity contribution in [1.29, 1.82) is 0 Å². The van der Waals surface area contributed by atoms with E-state index in [2.05, 4.69) is 14.9 Å². The van der Waals surface area contributed by atoms with Gasteiger partial charge >= 0.3 is 6.09 Å². The minimum Gasteiger partial charge on any atom is -0.450 e. The van der Waals surface area contributed by atoms with Crippen molar-refractivity contribution < 1.29 is 9.53 Å². The standard InChI is InChI=1S/C12H17ClN4O2/c1-2-19-12(18)17-5-3-4-16(6-7-17)11-14-8-10(13)9-15-11/h8-9H,2-7H2,1H3. The molecular formula is C12H17ClN4O2. The quantitative estimate of drug-likeness (QED) is 0.829. The van der Waals surface area contributed by atoms with Crippen molar-refractivity contribution in [2.45, 2.75) is 13.3 Å². The Balaban J connectivity index is 1.96. The number of halogens is 1. The van der Waals surface area contributed by atoms with Gasteiger partial charge in [-0.15, -0.1) is 0 Å². The lowest BCUT2D eigenvalue weighted by Gasteiger charge is -2.21. The molecule has 0 saturated carbocycles. The van der Waals surface area contributed by atoms with E-state index in [4.69, 9.17) is 16.3 Å². The van der Waals surface area contributed by atoms with Crippen molar-refractivity contribution in [2.24, 2.45) is 0 Å². The molecule has 1 fully saturated rings. The summed E-state index contributed by atoms with van der Waals surface area (Å²) in [6.07, 6.45) is 3.78. The highest BCUT2D eigenvalue weighted by atomic mass is 35.5. The van der Waals surface area contributed by atoms with Gasteiger partial charge in [0.05, 0.1) is 24.0 Å². The molecule has 0 atom stereocenters. The predicted octanol–water partition coefficient (Wildman–Crippen LogP) is 1.80. The van der Waals surface area contributed by atoms with E-state index in [0.717, 1.165) is 13.0 Å². The number of amides is 1. The lowest BCUT2D eigenvalue weighted by Crippen LogP contribution is -2.35. The van der Waals surface area contributed by atoms with Crippen LogP contribution < -0.4 is 4.90 Å². The molecule has 0 aliphatic carbocycles. The van der Waals surface area contributed by atoms with Gasteiger partial charge in [0.2, 0.25) is 5.95 Å². The zero-order valence-electron chi connectivity index (χ0n) is 10.9. The molecule has 104 valence electrons. The first-order valence-corrected chi connectivity index (χ1v) is 6.72. The molecule has 1 aromatic heterocycles. The number of carbonyl (C=O) groups is 1. The zero-order chi connectivity index (χ0) is 13.7. The SMILES string of the molecule is CCOC(=O)N1CCCN(c2ncc(Cl)cn2)CC1. The number of nitrogens with zero attached hydrogens (tertiary/aromatic N) is 4. The Bertz CT molecular complexity index is 426. The van der Waals surface area contributed by atoms with Crippen LogP contribution in [0, 0.1) is 0 Å². The molecule has 0 N–H and O–H groups in total. The summed E-state index contributed by atoms with van der Waals surface area (Å²) in [5, 5.41) is 0.520. The molecule has 1 amide bonds. The number of rotatable bonds is 2. The molecule has 0 spiro atoms. The maximum atomic E-state index is 11.7. The van der Waals surface area contributed by atoms with Crippen molar-refractivity contribution in [3.8, 4) is 0 Å². The maximum Gasteiger partial charge on any atom is 0.409 e. The van der Waals surface area contributed by atoms with Crippen molar-refractivity contribution >= 4 is 23.6 Å². The summed E-state index contributed by atoms with van der Waals surface area (Å²) in [6.45, 7) is 5.04. The Morgan fingerprint density at radius 2 is 2.05 bits per heavy atom. The average Bonchev–Trinajstić information content (AvgIpc) is 2.66. The number of carbonyl (C=O) groups excluding carboxylic acids is 1. The molecule has 0 bridgehead atoms. The number of ether oxygens (including phenoxy) is 1. The molecule has 1 saturated heterocycles. The normalized spacial score (nSPS) is 16.1. The van der Waals surface area contributed by atoms with Crippen molar-refractivity contribution in [3.05, 3.63) is 17.4 Å². The van der Waals surface area contributed by atoms with Crippen LogP contribution in [0.15, 0.2) is 12.4 Å². The van der Waals surface area contributed by atoms with Gasteiger partial charge in [-0.05, 0) is 13.3 Å². The fourth-order valence-corrected chi connectivity index (χ4v) is 2.08. The molecule has 0 aromatic carbocycles. The Kier molecular flexibility index (Phi) is 4.79. The lowest BCUT2D eigenvalue weighted by atomic mass is 10.4. The number of hydrogen-bond donors (Lipinski definition) is 0. The second-order valence-electron chi connectivity index (χ2n) is 4.23. The van der Waals surface area contributed by atoms with Gasteiger partial charge < -0.3 is 14.5 Å². The Morgan fingerprint density at radius 1 is 1.32 bits per heavy atom. The van der Waals surface area contributed by atoms with E-state index in [0.29, 0.717) is 37.2 Å². The van der Waals surface area contributed by atoms with Crippen molar-refractivity contribution in [3.63, 3.8) is 0 Å². The number of hydrogen-bond acceptors (Lipinski definition) is 5. The second-order valence-corrected chi connectivity index (χ2v) is 4.66. The van der Waals surface area contributed by atoms with E-state index in [1.165, 1.54) is 0 Å². The molecule has 6 nitrogen and oxygen atoms in total. The minimum atomic E-state index is -0.249. The van der Waals surface area contributed by atoms with Crippen LogP contribution in [0.1, 0.15) is 13.3 Å². The molecule has 1 aliphatic rings. The average molecular weight is 285 g/mol. The van der Waals surface area contributed by atoms with Crippen LogP contribution in [0.4, 0.5) is 10.7 Å². The van der Waals surface area contributed by atoms with Crippen LogP contribution in [0.25, 0.3) is 0 Å². The third-order valence-corrected chi connectivity index (χ3v) is 3.11. The first kappa shape index (κ1) is 13.9. The van der Waals surface area contributed by atoms with Crippen LogP contribution in [0.5, 0.6) is 0 Å². The van der Waals surface area contributed by atoms with Gasteiger partial charge in [-0.25, -0.2) is 14.8 Å². The Labute approximate surface area is 117 Å². The topological polar surface area (TPSA) is 58.6 Å². The van der Waals surface area contributed by atoms with Crippen LogP contribution in [-0.2, 0) is 4.74 Å². The van der Waals surface area contributed by atoms with E-state index in [1.54, 1.807) is 17.3 Å². The third kappa shape index (κ3) is 3.70. The van der Waals surface area contributed by atoms with Crippen molar-refractivity contribution in [2.75, 3.05) is 37.7 Å². The van der Waals surface area contributed by atoms with E-state index < -0.39 is 0 Å². The van der Waals surface area contributed by atoms with E-state index in [-0.39, 0.29) is 6.09 Å². The third-order valence-electron chi connectivity index (χ3n) is 2.91.